The van der Waals surface area contributed by atoms with E-state index in [9.17, 15) is 13.6 Å². The van der Waals surface area contributed by atoms with E-state index in [2.05, 4.69) is 26.2 Å². The van der Waals surface area contributed by atoms with Crippen LogP contribution >= 0.6 is 27.5 Å². The monoisotopic (exact) mass is 361 g/mol. The maximum absolute atomic E-state index is 13.5. The van der Waals surface area contributed by atoms with Gasteiger partial charge in [0.25, 0.3) is 5.91 Å². The van der Waals surface area contributed by atoms with E-state index in [0.717, 1.165) is 6.07 Å². The van der Waals surface area contributed by atoms with Gasteiger partial charge in [-0.05, 0) is 28.1 Å². The molecular formula is C12H7BrClF2N3O. The molecular weight excluding hydrogens is 356 g/mol. The van der Waals surface area contributed by atoms with Gasteiger partial charge in [0.1, 0.15) is 16.8 Å². The average molecular weight is 363 g/mol. The smallest absolute Gasteiger partial charge is 0.258 e. The zero-order valence-electron chi connectivity index (χ0n) is 9.75. The van der Waals surface area contributed by atoms with Gasteiger partial charge >= 0.3 is 0 Å². The first kappa shape index (κ1) is 14.7. The van der Waals surface area contributed by atoms with Crippen LogP contribution in [0.2, 0.25) is 5.15 Å². The van der Waals surface area contributed by atoms with Crippen molar-refractivity contribution in [2.45, 2.75) is 0 Å². The summed E-state index contributed by atoms with van der Waals surface area (Å²) >= 11 is 8.85. The average Bonchev–Trinajstić information content (AvgIpc) is 2.38. The van der Waals surface area contributed by atoms with Gasteiger partial charge in [-0.2, -0.15) is 0 Å². The quantitative estimate of drug-likeness (QED) is 0.633. The van der Waals surface area contributed by atoms with Crippen LogP contribution in [-0.4, -0.2) is 10.9 Å². The number of rotatable bonds is 2. The molecule has 0 spiro atoms. The number of benzene rings is 1. The van der Waals surface area contributed by atoms with Gasteiger partial charge in [0.05, 0.1) is 27.6 Å². The van der Waals surface area contributed by atoms with E-state index in [-0.39, 0.29) is 16.4 Å². The summed E-state index contributed by atoms with van der Waals surface area (Å²) in [7, 11) is 0. The molecule has 0 saturated carbocycles. The molecule has 0 aliphatic rings. The number of anilines is 2. The number of nitrogens with zero attached hydrogens (tertiary/aromatic N) is 1. The van der Waals surface area contributed by atoms with Crippen LogP contribution in [0.25, 0.3) is 0 Å². The van der Waals surface area contributed by atoms with E-state index in [0.29, 0.717) is 16.2 Å². The highest BCUT2D eigenvalue weighted by molar-refractivity contribution is 9.10. The van der Waals surface area contributed by atoms with E-state index in [1.54, 1.807) is 0 Å². The highest BCUT2D eigenvalue weighted by Gasteiger charge is 2.15. The molecule has 8 heteroatoms. The number of pyridine rings is 1. The lowest BCUT2D eigenvalue weighted by atomic mass is 10.1. The Kier molecular flexibility index (Phi) is 4.20. The normalized spacial score (nSPS) is 10.4. The van der Waals surface area contributed by atoms with Crippen LogP contribution in [0, 0.1) is 11.6 Å². The summed E-state index contributed by atoms with van der Waals surface area (Å²) in [5.41, 5.74) is 4.93. The van der Waals surface area contributed by atoms with Gasteiger partial charge in [-0.25, -0.2) is 13.8 Å². The molecule has 0 aliphatic carbocycles. The predicted octanol–water partition coefficient (Wildman–Crippen LogP) is 3.61. The van der Waals surface area contributed by atoms with Gasteiger partial charge in [0, 0.05) is 6.07 Å². The number of nitrogens with two attached hydrogens (primary N) is 1. The lowest BCUT2D eigenvalue weighted by Crippen LogP contribution is -2.15. The van der Waals surface area contributed by atoms with E-state index >= 15 is 0 Å². The molecule has 104 valence electrons. The first-order valence-corrected chi connectivity index (χ1v) is 6.42. The number of nitrogen functional groups attached to an aromatic ring is 1. The molecule has 20 heavy (non-hydrogen) atoms. The number of carbonyl (C=O) groups excluding carboxylic acids is 1. The third-order valence-electron chi connectivity index (χ3n) is 2.39. The Bertz CT molecular complexity index is 697. The van der Waals surface area contributed by atoms with Gasteiger partial charge in [0.15, 0.2) is 0 Å². The van der Waals surface area contributed by atoms with E-state index < -0.39 is 17.5 Å². The molecule has 1 aromatic heterocycles. The van der Waals surface area contributed by atoms with Crippen molar-refractivity contribution in [1.82, 2.24) is 4.98 Å². The lowest BCUT2D eigenvalue weighted by Gasteiger charge is -2.08. The summed E-state index contributed by atoms with van der Waals surface area (Å²) < 4.78 is 27.0. The molecule has 0 fully saturated rings. The van der Waals surface area contributed by atoms with E-state index in [1.165, 1.54) is 12.3 Å². The number of halogens is 4. The SMILES string of the molecule is Nc1cc(C(=O)Nc2cnc(Cl)c(Br)c2)c(F)cc1F. The van der Waals surface area contributed by atoms with Crippen LogP contribution < -0.4 is 11.1 Å². The highest BCUT2D eigenvalue weighted by Crippen LogP contribution is 2.24. The molecule has 0 aliphatic heterocycles. The summed E-state index contributed by atoms with van der Waals surface area (Å²) in [6.45, 7) is 0. The Morgan fingerprint density at radius 3 is 2.65 bits per heavy atom. The lowest BCUT2D eigenvalue weighted by molar-refractivity contribution is 0.102. The molecule has 1 aromatic carbocycles. The number of amides is 1. The molecule has 0 unspecified atom stereocenters. The maximum Gasteiger partial charge on any atom is 0.258 e. The second kappa shape index (κ2) is 5.72. The van der Waals surface area contributed by atoms with Crippen molar-refractivity contribution in [1.29, 1.82) is 0 Å². The Hall–Kier alpha value is -1.73. The fourth-order valence-corrected chi connectivity index (χ4v) is 1.88. The highest BCUT2D eigenvalue weighted by atomic mass is 79.9. The molecule has 0 bridgehead atoms. The molecule has 2 rings (SSSR count). The predicted molar refractivity (Wildman–Crippen MR) is 75.7 cm³/mol. The standard InChI is InChI=1S/C12H7BrClF2N3O/c13-7-1-5(4-18-11(7)14)19-12(20)6-2-10(17)9(16)3-8(6)15/h1-4H,17H2,(H,19,20). The van der Waals surface area contributed by atoms with Gasteiger partial charge in [0.2, 0.25) is 0 Å². The van der Waals surface area contributed by atoms with Crippen LogP contribution in [0.3, 0.4) is 0 Å². The van der Waals surface area contributed by atoms with Crippen molar-refractivity contribution in [2.24, 2.45) is 0 Å². The largest absolute Gasteiger partial charge is 0.396 e. The minimum absolute atomic E-state index is 0.222. The maximum atomic E-state index is 13.5. The van der Waals surface area contributed by atoms with E-state index in [4.69, 9.17) is 17.3 Å². The Balaban J connectivity index is 2.28. The van der Waals surface area contributed by atoms with Gasteiger partial charge in [-0.15, -0.1) is 0 Å². The van der Waals surface area contributed by atoms with Crippen molar-refractivity contribution in [3.8, 4) is 0 Å². The van der Waals surface area contributed by atoms with Crippen molar-refractivity contribution in [3.63, 3.8) is 0 Å². The Morgan fingerprint density at radius 1 is 1.30 bits per heavy atom. The van der Waals surface area contributed by atoms with Crippen LogP contribution in [0.4, 0.5) is 20.2 Å². The van der Waals surface area contributed by atoms with Crippen molar-refractivity contribution in [2.75, 3.05) is 11.1 Å². The molecule has 2 aromatic rings. The van der Waals surface area contributed by atoms with Crippen LogP contribution in [0.5, 0.6) is 0 Å². The van der Waals surface area contributed by atoms with Crippen LogP contribution in [-0.2, 0) is 0 Å². The summed E-state index contributed by atoms with van der Waals surface area (Å²) in [6.07, 6.45) is 1.30. The van der Waals surface area contributed by atoms with Crippen molar-refractivity contribution >= 4 is 44.8 Å². The number of hydrogen-bond acceptors (Lipinski definition) is 3. The third-order valence-corrected chi connectivity index (χ3v) is 3.52. The molecule has 3 N–H and O–H groups in total. The Labute approximate surface area is 126 Å². The molecule has 0 saturated heterocycles. The molecule has 4 nitrogen and oxygen atoms in total. The second-order valence-electron chi connectivity index (χ2n) is 3.80. The van der Waals surface area contributed by atoms with Crippen LogP contribution in [0.1, 0.15) is 10.4 Å². The third kappa shape index (κ3) is 3.05. The number of carbonyl (C=O) groups is 1. The fraction of sp³-hybridized carbons (Fsp3) is 0. The molecule has 1 heterocycles. The van der Waals surface area contributed by atoms with Gasteiger partial charge in [-0.3, -0.25) is 4.79 Å². The first-order chi connectivity index (χ1) is 9.38. The number of hydrogen-bond donors (Lipinski definition) is 2. The second-order valence-corrected chi connectivity index (χ2v) is 5.02. The molecule has 0 atom stereocenters. The summed E-state index contributed by atoms with van der Waals surface area (Å²) in [5.74, 6) is -2.70. The minimum Gasteiger partial charge on any atom is -0.396 e. The van der Waals surface area contributed by atoms with E-state index in [1.807, 2.05) is 0 Å². The Morgan fingerprint density at radius 2 is 2.00 bits per heavy atom. The summed E-state index contributed by atoms with van der Waals surface area (Å²) in [4.78, 5) is 15.7. The molecule has 0 radical (unpaired) electrons. The topological polar surface area (TPSA) is 68.0 Å². The molecule has 1 amide bonds. The fourth-order valence-electron chi connectivity index (χ4n) is 1.43. The summed E-state index contributed by atoms with van der Waals surface area (Å²) in [6, 6.07) is 2.98. The van der Waals surface area contributed by atoms with Gasteiger partial charge < -0.3 is 11.1 Å². The van der Waals surface area contributed by atoms with Crippen molar-refractivity contribution < 1.29 is 13.6 Å². The van der Waals surface area contributed by atoms with Gasteiger partial charge in [-0.1, -0.05) is 11.6 Å². The minimum atomic E-state index is -1.00. The summed E-state index contributed by atoms with van der Waals surface area (Å²) in [5, 5.41) is 2.63. The number of aromatic nitrogens is 1. The first-order valence-electron chi connectivity index (χ1n) is 5.25. The van der Waals surface area contributed by atoms with Crippen molar-refractivity contribution in [3.05, 3.63) is 51.2 Å². The number of nitrogens with one attached hydrogen (secondary N) is 1. The zero-order chi connectivity index (χ0) is 14.9. The van der Waals surface area contributed by atoms with Crippen LogP contribution in [0.15, 0.2) is 28.9 Å². The zero-order valence-corrected chi connectivity index (χ0v) is 12.1.